The van der Waals surface area contributed by atoms with E-state index in [1.165, 1.54) is 38.2 Å². The van der Waals surface area contributed by atoms with Gasteiger partial charge in [-0.15, -0.1) is 0 Å². The van der Waals surface area contributed by atoms with Crippen LogP contribution in [0.5, 0.6) is 0 Å². The Labute approximate surface area is 189 Å². The van der Waals surface area contributed by atoms with Crippen molar-refractivity contribution in [1.29, 1.82) is 0 Å². The van der Waals surface area contributed by atoms with Gasteiger partial charge in [0.25, 0.3) is 0 Å². The molecule has 0 amide bonds. The molecule has 0 radical (unpaired) electrons. The van der Waals surface area contributed by atoms with Crippen LogP contribution in [0.2, 0.25) is 5.02 Å². The highest BCUT2D eigenvalue weighted by molar-refractivity contribution is 6.30. The molecule has 1 aliphatic rings. The molecule has 3 rings (SSSR count). The fraction of sp³-hybridized carbons (Fsp3) is 0.385. The molecule has 0 heterocycles. The van der Waals surface area contributed by atoms with Crippen molar-refractivity contribution in [2.45, 2.75) is 45.1 Å². The van der Waals surface area contributed by atoms with E-state index in [0.717, 1.165) is 12.0 Å². The standard InChI is InChI=1S/C26H29ClO4/c27-23-13-7-12-22(16-23)17-24(26(29)31-18-21-10-5-2-6-11-21)25(28)19-30-15-14-20-8-3-1-4-9-20/h2,5-7,10-13,16-17,20H,1,3-4,8-9,14-15,18-19H2. The third-order valence-corrected chi connectivity index (χ3v) is 5.76. The summed E-state index contributed by atoms with van der Waals surface area (Å²) in [5.74, 6) is -0.368. The largest absolute Gasteiger partial charge is 0.457 e. The SMILES string of the molecule is O=C(COCCC1CCCCC1)C(=Cc1cccc(Cl)c1)C(=O)OCc1ccccc1. The van der Waals surface area contributed by atoms with Gasteiger partial charge in [0.05, 0.1) is 0 Å². The van der Waals surface area contributed by atoms with Crippen molar-refractivity contribution in [1.82, 2.24) is 0 Å². The molecule has 164 valence electrons. The fourth-order valence-electron chi connectivity index (χ4n) is 3.79. The van der Waals surface area contributed by atoms with Crippen molar-refractivity contribution in [3.05, 3.63) is 76.3 Å². The zero-order valence-corrected chi connectivity index (χ0v) is 18.5. The first-order valence-electron chi connectivity index (χ1n) is 10.9. The average molecular weight is 441 g/mol. The van der Waals surface area contributed by atoms with Crippen molar-refractivity contribution in [2.75, 3.05) is 13.2 Å². The van der Waals surface area contributed by atoms with Gasteiger partial charge in [0.1, 0.15) is 18.8 Å². The van der Waals surface area contributed by atoms with Crippen LogP contribution in [-0.2, 0) is 25.7 Å². The Balaban J connectivity index is 1.61. The molecule has 1 aliphatic carbocycles. The smallest absolute Gasteiger partial charge is 0.342 e. The number of halogens is 1. The summed E-state index contributed by atoms with van der Waals surface area (Å²) in [7, 11) is 0. The summed E-state index contributed by atoms with van der Waals surface area (Å²) < 4.78 is 11.0. The van der Waals surface area contributed by atoms with Crippen LogP contribution in [0, 0.1) is 5.92 Å². The molecule has 1 fully saturated rings. The van der Waals surface area contributed by atoms with Gasteiger partial charge >= 0.3 is 5.97 Å². The third kappa shape index (κ3) is 7.97. The molecule has 0 unspecified atom stereocenters. The molecule has 0 N–H and O–H groups in total. The topological polar surface area (TPSA) is 52.6 Å². The first-order chi connectivity index (χ1) is 15.1. The highest BCUT2D eigenvalue weighted by atomic mass is 35.5. The molecule has 1 saturated carbocycles. The van der Waals surface area contributed by atoms with Crippen LogP contribution in [0.4, 0.5) is 0 Å². The number of ether oxygens (including phenoxy) is 2. The van der Waals surface area contributed by atoms with Gasteiger partial charge in [0, 0.05) is 11.6 Å². The molecule has 0 aliphatic heterocycles. The van der Waals surface area contributed by atoms with Gasteiger partial charge in [0.15, 0.2) is 5.78 Å². The van der Waals surface area contributed by atoms with Crippen LogP contribution in [-0.4, -0.2) is 25.0 Å². The molecular formula is C26H29ClO4. The van der Waals surface area contributed by atoms with Crippen LogP contribution >= 0.6 is 11.6 Å². The van der Waals surface area contributed by atoms with Crippen LogP contribution in [0.1, 0.15) is 49.7 Å². The van der Waals surface area contributed by atoms with Crippen LogP contribution < -0.4 is 0 Å². The summed E-state index contributed by atoms with van der Waals surface area (Å²) in [6, 6.07) is 16.4. The van der Waals surface area contributed by atoms with Crippen molar-refractivity contribution >= 4 is 29.4 Å². The first kappa shape index (κ1) is 23.2. The maximum Gasteiger partial charge on any atom is 0.342 e. The van der Waals surface area contributed by atoms with Gasteiger partial charge in [-0.05, 0) is 41.7 Å². The Kier molecular flexibility index (Phi) is 9.32. The number of benzene rings is 2. The van der Waals surface area contributed by atoms with E-state index in [1.54, 1.807) is 24.3 Å². The number of esters is 1. The minimum Gasteiger partial charge on any atom is -0.457 e. The van der Waals surface area contributed by atoms with E-state index in [0.29, 0.717) is 23.1 Å². The summed E-state index contributed by atoms with van der Waals surface area (Å²) in [5.41, 5.74) is 1.49. The number of carbonyl (C=O) groups excluding carboxylic acids is 2. The maximum absolute atomic E-state index is 12.8. The molecule has 2 aromatic rings. The lowest BCUT2D eigenvalue weighted by molar-refractivity contribution is -0.142. The van der Waals surface area contributed by atoms with Gasteiger partial charge in [-0.1, -0.05) is 86.2 Å². The molecule has 0 atom stereocenters. The Bertz CT molecular complexity index is 885. The molecule has 4 nitrogen and oxygen atoms in total. The van der Waals surface area contributed by atoms with Crippen molar-refractivity contribution in [3.63, 3.8) is 0 Å². The van der Waals surface area contributed by atoms with Crippen LogP contribution in [0.3, 0.4) is 0 Å². The van der Waals surface area contributed by atoms with Gasteiger partial charge in [-0.3, -0.25) is 4.79 Å². The van der Waals surface area contributed by atoms with Gasteiger partial charge in [0.2, 0.25) is 0 Å². The molecule has 0 spiro atoms. The number of Topliss-reactive ketones (excluding diaryl/α,β-unsaturated/α-hetero) is 1. The van der Waals surface area contributed by atoms with Crippen molar-refractivity contribution in [2.24, 2.45) is 5.92 Å². The van der Waals surface area contributed by atoms with Crippen LogP contribution in [0.25, 0.3) is 6.08 Å². The Hall–Kier alpha value is -2.43. The molecule has 0 saturated heterocycles. The van der Waals surface area contributed by atoms with E-state index in [4.69, 9.17) is 21.1 Å². The lowest BCUT2D eigenvalue weighted by atomic mass is 9.87. The van der Waals surface area contributed by atoms with Crippen LogP contribution in [0.15, 0.2) is 60.2 Å². The molecular weight excluding hydrogens is 412 g/mol. The summed E-state index contributed by atoms with van der Waals surface area (Å²) in [4.78, 5) is 25.5. The molecule has 31 heavy (non-hydrogen) atoms. The number of ketones is 1. The summed E-state index contributed by atoms with van der Waals surface area (Å²) in [6.45, 7) is 0.488. The van der Waals surface area contributed by atoms with E-state index < -0.39 is 5.97 Å². The van der Waals surface area contributed by atoms with E-state index >= 15 is 0 Å². The zero-order chi connectivity index (χ0) is 21.9. The van der Waals surface area contributed by atoms with E-state index in [2.05, 4.69) is 0 Å². The monoisotopic (exact) mass is 440 g/mol. The Morgan fingerprint density at radius 1 is 1.00 bits per heavy atom. The lowest BCUT2D eigenvalue weighted by Gasteiger charge is -2.21. The quantitative estimate of drug-likeness (QED) is 0.149. The number of hydrogen-bond acceptors (Lipinski definition) is 4. The lowest BCUT2D eigenvalue weighted by Crippen LogP contribution is -2.21. The maximum atomic E-state index is 12.8. The van der Waals surface area contributed by atoms with Crippen molar-refractivity contribution < 1.29 is 19.1 Å². The molecule has 5 heteroatoms. The number of rotatable bonds is 10. The normalized spacial score (nSPS) is 14.9. The summed E-state index contributed by atoms with van der Waals surface area (Å²) >= 11 is 6.05. The number of carbonyl (C=O) groups is 2. The van der Waals surface area contributed by atoms with E-state index in [1.807, 2.05) is 30.3 Å². The highest BCUT2D eigenvalue weighted by Gasteiger charge is 2.21. The third-order valence-electron chi connectivity index (χ3n) is 5.52. The van der Waals surface area contributed by atoms with Crippen molar-refractivity contribution in [3.8, 4) is 0 Å². The minimum atomic E-state index is -0.662. The summed E-state index contributed by atoms with van der Waals surface area (Å²) in [5, 5.41) is 0.530. The highest BCUT2D eigenvalue weighted by Crippen LogP contribution is 2.26. The van der Waals surface area contributed by atoms with E-state index in [-0.39, 0.29) is 24.6 Å². The number of hydrogen-bond donors (Lipinski definition) is 0. The Morgan fingerprint density at radius 2 is 1.77 bits per heavy atom. The van der Waals surface area contributed by atoms with E-state index in [9.17, 15) is 9.59 Å². The second kappa shape index (κ2) is 12.4. The summed E-state index contributed by atoms with van der Waals surface area (Å²) in [6.07, 6.45) is 8.84. The molecule has 2 aromatic carbocycles. The molecule has 0 bridgehead atoms. The van der Waals surface area contributed by atoms with Gasteiger partial charge < -0.3 is 9.47 Å². The fourth-order valence-corrected chi connectivity index (χ4v) is 3.98. The second-order valence-corrected chi connectivity index (χ2v) is 8.38. The zero-order valence-electron chi connectivity index (χ0n) is 17.7. The predicted molar refractivity (Wildman–Crippen MR) is 123 cm³/mol. The average Bonchev–Trinajstić information content (AvgIpc) is 2.80. The van der Waals surface area contributed by atoms with Gasteiger partial charge in [-0.2, -0.15) is 0 Å². The minimum absolute atomic E-state index is 0.0316. The molecule has 0 aromatic heterocycles. The Morgan fingerprint density at radius 3 is 2.52 bits per heavy atom. The van der Waals surface area contributed by atoms with Gasteiger partial charge in [-0.25, -0.2) is 4.79 Å². The second-order valence-electron chi connectivity index (χ2n) is 7.94. The predicted octanol–water partition coefficient (Wildman–Crippen LogP) is 6.02. The first-order valence-corrected chi connectivity index (χ1v) is 11.3.